The summed E-state index contributed by atoms with van der Waals surface area (Å²) in [6, 6.07) is 4.98. The van der Waals surface area contributed by atoms with E-state index in [0.29, 0.717) is 22.8 Å². The molecule has 1 aromatic carbocycles. The Bertz CT molecular complexity index is 712. The van der Waals surface area contributed by atoms with Gasteiger partial charge in [0.05, 0.1) is 19.2 Å². The van der Waals surface area contributed by atoms with Crippen molar-refractivity contribution in [3.63, 3.8) is 0 Å². The van der Waals surface area contributed by atoms with Crippen LogP contribution in [0.25, 0.3) is 0 Å². The fourth-order valence-electron chi connectivity index (χ4n) is 1.68. The molecule has 0 saturated heterocycles. The number of benzene rings is 1. The molecule has 108 valence electrons. The Morgan fingerprint density at radius 1 is 1.52 bits per heavy atom. The van der Waals surface area contributed by atoms with E-state index in [-0.39, 0.29) is 12.5 Å². The third-order valence-corrected chi connectivity index (χ3v) is 2.72. The molecule has 0 unspecified atom stereocenters. The van der Waals surface area contributed by atoms with E-state index in [1.807, 2.05) is 0 Å². The van der Waals surface area contributed by atoms with Gasteiger partial charge in [-0.15, -0.1) is 0 Å². The number of methoxy groups -OCH3 is 1. The molecule has 1 amide bonds. The van der Waals surface area contributed by atoms with Gasteiger partial charge in [0, 0.05) is 12.6 Å². The van der Waals surface area contributed by atoms with Gasteiger partial charge in [0.25, 0.3) is 5.91 Å². The fraction of sp³-hybridized carbons (Fsp3) is 0.214. The van der Waals surface area contributed by atoms with Gasteiger partial charge in [-0.1, -0.05) is 11.8 Å². The van der Waals surface area contributed by atoms with Crippen LogP contribution in [0.15, 0.2) is 24.5 Å². The number of aryl methyl sites for hydroxylation is 1. The Morgan fingerprint density at radius 2 is 2.33 bits per heavy atom. The fourth-order valence-corrected chi connectivity index (χ4v) is 1.68. The lowest BCUT2D eigenvalue weighted by Crippen LogP contribution is -2.15. The number of rotatable bonds is 3. The number of nitrogens with zero attached hydrogens (tertiary/aromatic N) is 3. The summed E-state index contributed by atoms with van der Waals surface area (Å²) in [6.07, 6.45) is 1.36. The van der Waals surface area contributed by atoms with Crippen LogP contribution in [-0.4, -0.2) is 34.3 Å². The third-order valence-electron chi connectivity index (χ3n) is 2.72. The lowest BCUT2D eigenvalue weighted by molar-refractivity contribution is 0.102. The van der Waals surface area contributed by atoms with Gasteiger partial charge in [0.1, 0.15) is 12.1 Å². The molecule has 0 aliphatic carbocycles. The van der Waals surface area contributed by atoms with Gasteiger partial charge >= 0.3 is 0 Å². The predicted octanol–water partition coefficient (Wildman–Crippen LogP) is 0.386. The number of amides is 1. The molecule has 21 heavy (non-hydrogen) atoms. The van der Waals surface area contributed by atoms with Crippen LogP contribution in [0.4, 0.5) is 5.95 Å². The van der Waals surface area contributed by atoms with Crippen molar-refractivity contribution in [2.24, 2.45) is 12.8 Å². The lowest BCUT2D eigenvalue weighted by atomic mass is 10.1. The van der Waals surface area contributed by atoms with Crippen molar-refractivity contribution in [1.29, 1.82) is 0 Å². The van der Waals surface area contributed by atoms with Crippen molar-refractivity contribution < 1.29 is 9.53 Å². The molecule has 1 aromatic heterocycles. The molecule has 2 aromatic rings. The van der Waals surface area contributed by atoms with Gasteiger partial charge < -0.3 is 10.5 Å². The molecule has 0 aliphatic heterocycles. The second-order valence-electron chi connectivity index (χ2n) is 4.08. The molecule has 0 saturated carbocycles. The molecule has 0 spiro atoms. The van der Waals surface area contributed by atoms with Crippen LogP contribution in [0.3, 0.4) is 0 Å². The zero-order chi connectivity index (χ0) is 15.2. The molecule has 7 heteroatoms. The number of aromatic nitrogens is 3. The van der Waals surface area contributed by atoms with Gasteiger partial charge in [-0.05, 0) is 18.2 Å². The first-order valence-electron chi connectivity index (χ1n) is 6.18. The van der Waals surface area contributed by atoms with Crippen LogP contribution in [0, 0.1) is 11.8 Å². The second-order valence-corrected chi connectivity index (χ2v) is 4.08. The zero-order valence-corrected chi connectivity index (χ0v) is 11.8. The molecular formula is C14H15N5O2. The summed E-state index contributed by atoms with van der Waals surface area (Å²) in [7, 11) is 3.23. The van der Waals surface area contributed by atoms with Crippen molar-refractivity contribution in [3.05, 3.63) is 35.7 Å². The molecule has 0 aliphatic rings. The van der Waals surface area contributed by atoms with E-state index in [0.717, 1.165) is 0 Å². The minimum absolute atomic E-state index is 0.235. The van der Waals surface area contributed by atoms with Crippen LogP contribution in [0.5, 0.6) is 5.75 Å². The van der Waals surface area contributed by atoms with Crippen LogP contribution < -0.4 is 15.8 Å². The highest BCUT2D eigenvalue weighted by atomic mass is 16.5. The second kappa shape index (κ2) is 6.54. The van der Waals surface area contributed by atoms with E-state index in [1.54, 1.807) is 32.4 Å². The van der Waals surface area contributed by atoms with Gasteiger partial charge in [-0.25, -0.2) is 4.68 Å². The molecule has 3 N–H and O–H groups in total. The smallest absolute Gasteiger partial charge is 0.258 e. The van der Waals surface area contributed by atoms with Gasteiger partial charge in [0.15, 0.2) is 0 Å². The topological polar surface area (TPSA) is 95.1 Å². The molecule has 0 bridgehead atoms. The van der Waals surface area contributed by atoms with Crippen molar-refractivity contribution >= 4 is 11.9 Å². The van der Waals surface area contributed by atoms with Gasteiger partial charge in [-0.2, -0.15) is 10.1 Å². The van der Waals surface area contributed by atoms with Gasteiger partial charge in [0.2, 0.25) is 5.95 Å². The summed E-state index contributed by atoms with van der Waals surface area (Å²) in [5, 5.41) is 6.55. The number of hydrogen-bond donors (Lipinski definition) is 2. The highest BCUT2D eigenvalue weighted by molar-refractivity contribution is 6.03. The number of nitrogens with one attached hydrogen (secondary N) is 1. The van der Waals surface area contributed by atoms with Crippen molar-refractivity contribution in [2.45, 2.75) is 0 Å². The summed E-state index contributed by atoms with van der Waals surface area (Å²) < 4.78 is 6.67. The van der Waals surface area contributed by atoms with Crippen LogP contribution >= 0.6 is 0 Å². The van der Waals surface area contributed by atoms with Crippen molar-refractivity contribution in [2.75, 3.05) is 19.0 Å². The highest BCUT2D eigenvalue weighted by Gasteiger charge is 2.11. The predicted molar refractivity (Wildman–Crippen MR) is 77.9 cm³/mol. The summed E-state index contributed by atoms with van der Waals surface area (Å²) in [6.45, 7) is 0.235. The number of nitrogens with two attached hydrogens (primary N) is 1. The molecule has 2 rings (SSSR count). The minimum Gasteiger partial charge on any atom is -0.495 e. The maximum atomic E-state index is 12.2. The van der Waals surface area contributed by atoms with Crippen molar-refractivity contribution in [3.8, 4) is 17.6 Å². The summed E-state index contributed by atoms with van der Waals surface area (Å²) in [4.78, 5) is 16.1. The quantitative estimate of drug-likeness (QED) is 0.795. The van der Waals surface area contributed by atoms with Gasteiger partial charge in [-0.3, -0.25) is 10.1 Å². The molecular weight excluding hydrogens is 270 g/mol. The summed E-state index contributed by atoms with van der Waals surface area (Å²) in [5.74, 6) is 6.27. The molecule has 0 atom stereocenters. The Morgan fingerprint density at radius 3 is 2.95 bits per heavy atom. The number of carbonyl (C=O) groups is 1. The standard InChI is InChI=1S/C14H15N5O2/c1-19-14(16-9-17-19)18-13(20)11-5-6-12(21-2)10(8-11)4-3-7-15/h5-6,8-9H,7,15H2,1-2H3,(H,16,17,18,20). The Labute approximate surface area is 122 Å². The first-order valence-corrected chi connectivity index (χ1v) is 6.18. The number of carbonyl (C=O) groups excluding carboxylic acids is 1. The van der Waals surface area contributed by atoms with Crippen LogP contribution in [0.1, 0.15) is 15.9 Å². The number of ether oxygens (including phenoxy) is 1. The Balaban J connectivity index is 2.27. The largest absolute Gasteiger partial charge is 0.495 e. The van der Waals surface area contributed by atoms with E-state index in [4.69, 9.17) is 10.5 Å². The Kier molecular flexibility index (Phi) is 4.53. The Hall–Kier alpha value is -2.85. The molecule has 1 heterocycles. The minimum atomic E-state index is -0.301. The monoisotopic (exact) mass is 285 g/mol. The van der Waals surface area contributed by atoms with E-state index in [9.17, 15) is 4.79 Å². The SMILES string of the molecule is COc1ccc(C(=O)Nc2ncnn2C)cc1C#CCN. The van der Waals surface area contributed by atoms with Crippen LogP contribution in [0.2, 0.25) is 0 Å². The maximum absolute atomic E-state index is 12.2. The average Bonchev–Trinajstić information content (AvgIpc) is 2.90. The van der Waals surface area contributed by atoms with E-state index >= 15 is 0 Å². The zero-order valence-electron chi connectivity index (χ0n) is 11.8. The van der Waals surface area contributed by atoms with Crippen molar-refractivity contribution in [1.82, 2.24) is 14.8 Å². The number of hydrogen-bond acceptors (Lipinski definition) is 5. The number of anilines is 1. The first kappa shape index (κ1) is 14.6. The molecule has 7 nitrogen and oxygen atoms in total. The van der Waals surface area contributed by atoms with E-state index in [2.05, 4.69) is 27.2 Å². The lowest BCUT2D eigenvalue weighted by Gasteiger charge is -2.07. The molecule has 0 fully saturated rings. The third kappa shape index (κ3) is 3.38. The normalized spacial score (nSPS) is 9.67. The van der Waals surface area contributed by atoms with E-state index < -0.39 is 0 Å². The van der Waals surface area contributed by atoms with Crippen LogP contribution in [-0.2, 0) is 7.05 Å². The maximum Gasteiger partial charge on any atom is 0.258 e. The first-order chi connectivity index (χ1) is 10.2. The highest BCUT2D eigenvalue weighted by Crippen LogP contribution is 2.19. The summed E-state index contributed by atoms with van der Waals surface area (Å²) >= 11 is 0. The molecule has 0 radical (unpaired) electrons. The van der Waals surface area contributed by atoms with E-state index in [1.165, 1.54) is 11.0 Å². The average molecular weight is 285 g/mol. The summed E-state index contributed by atoms with van der Waals surface area (Å²) in [5.41, 5.74) is 6.41.